The average molecular weight is 711 g/mol. The molecular weight excluding hydrogens is 632 g/mol. The molecule has 0 aromatic rings. The summed E-state index contributed by atoms with van der Waals surface area (Å²) >= 11 is 0. The van der Waals surface area contributed by atoms with Crippen LogP contribution in [0.5, 0.6) is 0 Å². The van der Waals surface area contributed by atoms with Gasteiger partial charge >= 0.3 is 0 Å². The summed E-state index contributed by atoms with van der Waals surface area (Å²) in [5, 5.41) is 8.59. The van der Waals surface area contributed by atoms with E-state index in [1.165, 1.54) is 96.3 Å². The van der Waals surface area contributed by atoms with Crippen LogP contribution in [0.25, 0.3) is 0 Å². The van der Waals surface area contributed by atoms with Gasteiger partial charge in [-0.25, -0.2) is 0 Å². The number of aliphatic hydroxyl groups excluding tert-OH is 1. The second-order valence-corrected chi connectivity index (χ2v) is 12.2. The number of aliphatic hydroxyl groups is 1. The van der Waals surface area contributed by atoms with Gasteiger partial charge in [-0.15, -0.1) is 0 Å². The molecule has 0 fully saturated rings. The van der Waals surface area contributed by atoms with E-state index in [1.807, 2.05) is 0 Å². The molecule has 0 unspecified atom stereocenters. The van der Waals surface area contributed by atoms with Crippen molar-refractivity contribution < 1.29 is 52.5 Å². The molecule has 0 atom stereocenters. The van der Waals surface area contributed by atoms with E-state index < -0.39 is 0 Å². The molecule has 0 saturated carbocycles. The molecule has 11 nitrogen and oxygen atoms in total. The van der Waals surface area contributed by atoms with Crippen molar-refractivity contribution in [1.82, 2.24) is 0 Å². The first-order valence-electron chi connectivity index (χ1n) is 19.8. The number of hydrogen-bond acceptors (Lipinski definition) is 11. The Bertz CT molecular complexity index is 514. The molecular formula is C38H78O11. The highest BCUT2D eigenvalue weighted by Crippen LogP contribution is 2.13. The summed E-state index contributed by atoms with van der Waals surface area (Å²) in [5.74, 6) is 0. The quantitative estimate of drug-likeness (QED) is 0.0708. The molecule has 0 aliphatic rings. The zero-order chi connectivity index (χ0) is 35.2. The molecule has 11 heteroatoms. The van der Waals surface area contributed by atoms with E-state index in [1.54, 1.807) is 0 Å². The van der Waals surface area contributed by atoms with Gasteiger partial charge < -0.3 is 52.5 Å². The largest absolute Gasteiger partial charge is 0.394 e. The smallest absolute Gasteiger partial charge is 0.0701 e. The van der Waals surface area contributed by atoms with Crippen molar-refractivity contribution >= 4 is 0 Å². The van der Waals surface area contributed by atoms with Crippen molar-refractivity contribution in [2.45, 2.75) is 110 Å². The van der Waals surface area contributed by atoms with Gasteiger partial charge in [0.1, 0.15) is 0 Å². The lowest BCUT2D eigenvalue weighted by atomic mass is 10.0. The minimum absolute atomic E-state index is 0.0304. The second kappa shape index (κ2) is 47.6. The SMILES string of the molecule is CCCCCCCCCCCCCCCCCCOCCOCCOCCOCCOCCOCCOCCOCCOCCOCCO. The zero-order valence-corrected chi connectivity index (χ0v) is 31.7. The van der Waals surface area contributed by atoms with E-state index in [0.717, 1.165) is 13.0 Å². The van der Waals surface area contributed by atoms with Crippen LogP contribution in [0.2, 0.25) is 0 Å². The standard InChI is InChI=1S/C38H78O11/c1-2-3-4-5-6-7-8-9-10-11-12-13-14-15-16-17-19-40-21-23-42-25-27-44-29-31-46-33-35-48-37-38-49-36-34-47-32-30-45-28-26-43-24-22-41-20-18-39/h39H,2-38H2,1H3. The normalized spacial score (nSPS) is 11.6. The Morgan fingerprint density at radius 1 is 0.224 bits per heavy atom. The second-order valence-electron chi connectivity index (χ2n) is 12.2. The first kappa shape index (κ1) is 48.6. The third-order valence-corrected chi connectivity index (χ3v) is 7.73. The summed E-state index contributed by atoms with van der Waals surface area (Å²) < 4.78 is 54.6. The molecule has 49 heavy (non-hydrogen) atoms. The van der Waals surface area contributed by atoms with Crippen LogP contribution >= 0.6 is 0 Å². The Labute approximate surface area is 300 Å². The van der Waals surface area contributed by atoms with Gasteiger partial charge in [-0.2, -0.15) is 0 Å². The maximum absolute atomic E-state index is 8.59. The molecule has 0 rings (SSSR count). The maximum atomic E-state index is 8.59. The van der Waals surface area contributed by atoms with Crippen molar-refractivity contribution in [2.24, 2.45) is 0 Å². The van der Waals surface area contributed by atoms with Crippen LogP contribution in [0.15, 0.2) is 0 Å². The lowest BCUT2D eigenvalue weighted by Gasteiger charge is -2.09. The van der Waals surface area contributed by atoms with Crippen LogP contribution in [0.3, 0.4) is 0 Å². The van der Waals surface area contributed by atoms with Crippen molar-refractivity contribution in [3.05, 3.63) is 0 Å². The third kappa shape index (κ3) is 47.6. The Balaban J connectivity index is 3.04. The van der Waals surface area contributed by atoms with E-state index >= 15 is 0 Å². The zero-order valence-electron chi connectivity index (χ0n) is 31.7. The lowest BCUT2D eigenvalue weighted by Crippen LogP contribution is -2.15. The molecule has 0 aliphatic heterocycles. The van der Waals surface area contributed by atoms with E-state index in [2.05, 4.69) is 6.92 Å². The first-order valence-corrected chi connectivity index (χ1v) is 19.8. The highest BCUT2D eigenvalue weighted by atomic mass is 16.6. The van der Waals surface area contributed by atoms with Gasteiger partial charge in [-0.05, 0) is 6.42 Å². The third-order valence-electron chi connectivity index (χ3n) is 7.73. The fourth-order valence-electron chi connectivity index (χ4n) is 4.90. The van der Waals surface area contributed by atoms with Crippen molar-refractivity contribution in [3.8, 4) is 0 Å². The summed E-state index contributed by atoms with van der Waals surface area (Å²) in [6.45, 7) is 13.1. The molecule has 0 heterocycles. The van der Waals surface area contributed by atoms with Crippen LogP contribution in [0, 0.1) is 0 Å². The van der Waals surface area contributed by atoms with Crippen LogP contribution < -0.4 is 0 Å². The molecule has 0 bridgehead atoms. The lowest BCUT2D eigenvalue weighted by molar-refractivity contribution is -0.0268. The van der Waals surface area contributed by atoms with Crippen molar-refractivity contribution in [2.75, 3.05) is 139 Å². The molecule has 1 N–H and O–H groups in total. The van der Waals surface area contributed by atoms with Crippen LogP contribution in [0.4, 0.5) is 0 Å². The Kier molecular flexibility index (Phi) is 47.1. The van der Waals surface area contributed by atoms with Gasteiger partial charge in [-0.1, -0.05) is 103 Å². The van der Waals surface area contributed by atoms with Gasteiger partial charge in [0.05, 0.1) is 132 Å². The molecule has 0 spiro atoms. The van der Waals surface area contributed by atoms with Gasteiger partial charge in [0.2, 0.25) is 0 Å². The topological polar surface area (TPSA) is 113 Å². The maximum Gasteiger partial charge on any atom is 0.0701 e. The van der Waals surface area contributed by atoms with Gasteiger partial charge in [-0.3, -0.25) is 0 Å². The van der Waals surface area contributed by atoms with Gasteiger partial charge in [0, 0.05) is 6.61 Å². The van der Waals surface area contributed by atoms with E-state index in [4.69, 9.17) is 52.5 Å². The average Bonchev–Trinajstić information content (AvgIpc) is 3.11. The number of hydrogen-bond donors (Lipinski definition) is 1. The molecule has 0 amide bonds. The summed E-state index contributed by atoms with van der Waals surface area (Å²) in [6, 6.07) is 0. The number of unbranched alkanes of at least 4 members (excludes halogenated alkanes) is 15. The predicted octanol–water partition coefficient (Wildman–Crippen LogP) is 6.41. The minimum Gasteiger partial charge on any atom is -0.394 e. The molecule has 0 aromatic heterocycles. The molecule has 0 aliphatic carbocycles. The van der Waals surface area contributed by atoms with Gasteiger partial charge in [0.15, 0.2) is 0 Å². The van der Waals surface area contributed by atoms with Crippen LogP contribution in [0.1, 0.15) is 110 Å². The summed E-state index contributed by atoms with van der Waals surface area (Å²) in [5.41, 5.74) is 0. The van der Waals surface area contributed by atoms with Crippen LogP contribution in [-0.4, -0.2) is 144 Å². The van der Waals surface area contributed by atoms with E-state index in [0.29, 0.717) is 126 Å². The summed E-state index contributed by atoms with van der Waals surface area (Å²) in [4.78, 5) is 0. The van der Waals surface area contributed by atoms with Gasteiger partial charge in [0.25, 0.3) is 0 Å². The summed E-state index contributed by atoms with van der Waals surface area (Å²) in [6.07, 6.45) is 22.2. The highest BCUT2D eigenvalue weighted by molar-refractivity contribution is 4.50. The Morgan fingerprint density at radius 2 is 0.408 bits per heavy atom. The molecule has 0 aromatic carbocycles. The highest BCUT2D eigenvalue weighted by Gasteiger charge is 1.98. The molecule has 0 saturated heterocycles. The van der Waals surface area contributed by atoms with E-state index in [-0.39, 0.29) is 6.61 Å². The molecule has 0 radical (unpaired) electrons. The number of ether oxygens (including phenoxy) is 10. The monoisotopic (exact) mass is 711 g/mol. The van der Waals surface area contributed by atoms with Crippen molar-refractivity contribution in [1.29, 1.82) is 0 Å². The predicted molar refractivity (Wildman–Crippen MR) is 195 cm³/mol. The number of rotatable bonds is 46. The Hall–Kier alpha value is -0.440. The van der Waals surface area contributed by atoms with Crippen molar-refractivity contribution in [3.63, 3.8) is 0 Å². The fraction of sp³-hybridized carbons (Fsp3) is 1.00. The minimum atomic E-state index is 0.0304. The first-order chi connectivity index (χ1) is 24.4. The summed E-state index contributed by atoms with van der Waals surface area (Å²) in [7, 11) is 0. The van der Waals surface area contributed by atoms with Crippen LogP contribution in [-0.2, 0) is 47.4 Å². The van der Waals surface area contributed by atoms with E-state index in [9.17, 15) is 0 Å². The molecule has 296 valence electrons. The Morgan fingerprint density at radius 3 is 0.633 bits per heavy atom. The fourth-order valence-corrected chi connectivity index (χ4v) is 4.90.